The molecule has 0 bridgehead atoms. The minimum atomic E-state index is 0.175. The minimum absolute atomic E-state index is 0.175. The molecular weight excluding hydrogens is 752 g/mol. The lowest BCUT2D eigenvalue weighted by Gasteiger charge is -2.19. The van der Waals surface area contributed by atoms with Gasteiger partial charge < -0.3 is 9.13 Å². The van der Waals surface area contributed by atoms with Crippen LogP contribution in [0.4, 0.5) is 0 Å². The number of hydrogen-bond donors (Lipinski definition) is 0. The lowest BCUT2D eigenvalue weighted by molar-refractivity contribution is 1.18. The number of hydrogen-bond acceptors (Lipinski definition) is 0. The molecule has 0 aliphatic carbocycles. The summed E-state index contributed by atoms with van der Waals surface area (Å²) in [4.78, 5) is 0. The Hall–Kier alpha value is -6.97. The molecule has 11 rings (SSSR count). The van der Waals surface area contributed by atoms with Crippen LogP contribution in [-0.4, -0.2) is 64.1 Å². The van der Waals surface area contributed by atoms with E-state index < -0.39 is 0 Å². The zero-order chi connectivity index (χ0) is 43.1. The van der Waals surface area contributed by atoms with Crippen LogP contribution in [-0.2, 0) is 0 Å². The van der Waals surface area contributed by atoms with Crippen molar-refractivity contribution in [2.24, 2.45) is 0 Å². The zero-order valence-electron chi connectivity index (χ0n) is 34.2. The summed E-state index contributed by atoms with van der Waals surface area (Å²) in [7, 11) is 48.7. The van der Waals surface area contributed by atoms with Crippen molar-refractivity contribution in [2.45, 2.75) is 0 Å². The van der Waals surface area contributed by atoms with E-state index in [4.69, 9.17) is 54.9 Å². The molecule has 9 aromatic carbocycles. The van der Waals surface area contributed by atoms with Crippen LogP contribution in [0, 0.1) is 0 Å². The molecule has 11 aromatic rings. The van der Waals surface area contributed by atoms with E-state index >= 15 is 0 Å². The van der Waals surface area contributed by atoms with Crippen molar-refractivity contribution in [2.75, 3.05) is 0 Å². The first-order valence-electron chi connectivity index (χ1n) is 20.7. The molecule has 0 N–H and O–H groups in total. The van der Waals surface area contributed by atoms with Crippen LogP contribution in [0.25, 0.3) is 99.5 Å². The van der Waals surface area contributed by atoms with Crippen molar-refractivity contribution in [3.8, 4) is 55.9 Å². The number of aromatic nitrogens is 2. The number of para-hydroxylation sites is 2. The maximum absolute atomic E-state index is 7.40. The second-order valence-corrected chi connectivity index (χ2v) is 16.0. The summed E-state index contributed by atoms with van der Waals surface area (Å²) >= 11 is 0. The van der Waals surface area contributed by atoms with Gasteiger partial charge in [-0.3, -0.25) is 0 Å². The Balaban J connectivity index is 1.20. The van der Waals surface area contributed by atoms with Crippen LogP contribution in [0.3, 0.4) is 0 Å². The molecule has 0 aliphatic heterocycles. The first kappa shape index (κ1) is 38.9. The summed E-state index contributed by atoms with van der Waals surface area (Å²) in [6, 6.07) is 60.6. The quantitative estimate of drug-likeness (QED) is 0.181. The molecule has 2 heterocycles. The van der Waals surface area contributed by atoms with E-state index in [1.54, 1.807) is 0 Å². The molecule has 276 valence electrons. The van der Waals surface area contributed by atoms with Crippen molar-refractivity contribution in [3.63, 3.8) is 0 Å². The van der Waals surface area contributed by atoms with Gasteiger partial charge in [-0.1, -0.05) is 173 Å². The van der Waals surface area contributed by atoms with E-state index in [1.165, 1.54) is 0 Å². The van der Waals surface area contributed by atoms with Gasteiger partial charge in [-0.2, -0.15) is 0 Å². The Morgan fingerprint density at radius 1 is 0.302 bits per heavy atom. The normalized spacial score (nSPS) is 11.6. The van der Waals surface area contributed by atoms with Gasteiger partial charge in [0.05, 0.1) is 16.7 Å². The van der Waals surface area contributed by atoms with Crippen LogP contribution in [0.1, 0.15) is 0 Å². The second-order valence-electron chi connectivity index (χ2n) is 16.0. The highest BCUT2D eigenvalue weighted by atomic mass is 15.0. The topological polar surface area (TPSA) is 9.86 Å². The summed E-state index contributed by atoms with van der Waals surface area (Å²) in [5.74, 6) is 0. The molecule has 0 amide bonds. The minimum Gasteiger partial charge on any atom is -0.311 e. The second kappa shape index (κ2) is 15.1. The molecule has 0 fully saturated rings. The number of benzene rings is 9. The van der Waals surface area contributed by atoms with E-state index in [-0.39, 0.29) is 21.9 Å². The van der Waals surface area contributed by atoms with Gasteiger partial charge in [-0.05, 0) is 69.1 Å². The van der Waals surface area contributed by atoms with E-state index in [2.05, 4.69) is 126 Å². The van der Waals surface area contributed by atoms with Crippen molar-refractivity contribution < 1.29 is 0 Å². The lowest BCUT2D eigenvalue weighted by Crippen LogP contribution is -2.48. The molecule has 2 aromatic heterocycles. The maximum Gasteiger partial charge on any atom is 0.115 e. The molecule has 14 radical (unpaired) electrons. The molecule has 0 aliphatic rings. The molecule has 0 saturated heterocycles. The smallest absolute Gasteiger partial charge is 0.115 e. The largest absolute Gasteiger partial charge is 0.311 e. The number of nitrogens with zero attached hydrogens (tertiary/aromatic N) is 2. The average molecular weight is 782 g/mol. The predicted molar refractivity (Wildman–Crippen MR) is 275 cm³/mol. The van der Waals surface area contributed by atoms with Crippen LogP contribution in [0.5, 0.6) is 0 Å². The monoisotopic (exact) mass is 782 g/mol. The van der Waals surface area contributed by atoms with Gasteiger partial charge in [0.15, 0.2) is 0 Å². The Morgan fingerprint density at radius 2 is 0.810 bits per heavy atom. The summed E-state index contributed by atoms with van der Waals surface area (Å²) in [6.45, 7) is 0. The van der Waals surface area contributed by atoms with Gasteiger partial charge in [0.25, 0.3) is 0 Å². The van der Waals surface area contributed by atoms with E-state index in [0.717, 1.165) is 72.1 Å². The molecular formula is C54H29B7N2. The molecule has 9 heteroatoms. The lowest BCUT2D eigenvalue weighted by atomic mass is 9.64. The van der Waals surface area contributed by atoms with Crippen molar-refractivity contribution >= 4 is 137 Å². The fourth-order valence-electron chi connectivity index (χ4n) is 9.55. The standard InChI is InChI=1S/C54H29B7N2/c55-45-42(46(56)50(60)53-43(45)44-47(57)48(58)49(59)51(61)54(44)62(53)35-26-23-31(24-27-35)30-13-4-1-5-14-30)34-25-28-41-39(29-34)38-21-12-20-37(33-17-8-3-9-18-33)52(38)63(41)40-22-11-10-19-36(40)32-15-6-2-7-16-32/h1-29H. The summed E-state index contributed by atoms with van der Waals surface area (Å²) in [5, 5.41) is 3.22. The maximum atomic E-state index is 7.40. The third-order valence-electron chi connectivity index (χ3n) is 12.5. The van der Waals surface area contributed by atoms with Gasteiger partial charge in [-0.25, -0.2) is 0 Å². The van der Waals surface area contributed by atoms with Crippen molar-refractivity contribution in [1.82, 2.24) is 9.13 Å². The summed E-state index contributed by atoms with van der Waals surface area (Å²) in [5.41, 5.74) is 14.9. The van der Waals surface area contributed by atoms with Gasteiger partial charge in [0.1, 0.15) is 54.9 Å². The highest BCUT2D eigenvalue weighted by Gasteiger charge is 2.25. The summed E-state index contributed by atoms with van der Waals surface area (Å²) in [6.07, 6.45) is 0. The van der Waals surface area contributed by atoms with Crippen LogP contribution in [0.15, 0.2) is 176 Å². The van der Waals surface area contributed by atoms with Gasteiger partial charge >= 0.3 is 0 Å². The van der Waals surface area contributed by atoms with E-state index in [9.17, 15) is 0 Å². The average Bonchev–Trinajstić information content (AvgIpc) is 3.87. The Kier molecular flexibility index (Phi) is 9.35. The highest BCUT2D eigenvalue weighted by molar-refractivity contribution is 6.69. The molecule has 0 atom stereocenters. The Morgan fingerprint density at radius 3 is 1.48 bits per heavy atom. The van der Waals surface area contributed by atoms with E-state index in [1.807, 2.05) is 59.2 Å². The SMILES string of the molecule is [B]c1c([B])c([B])c2c(c1[B])c1c([B])c(-c3ccc4c(c3)c3cccc(-c5ccccc5)c3n4-c3ccccc3-c3ccccc3)c([B])c([B])c1n2-c1ccc(-c2ccccc2)cc1. The van der Waals surface area contributed by atoms with Gasteiger partial charge in [0.2, 0.25) is 0 Å². The van der Waals surface area contributed by atoms with Crippen molar-refractivity contribution in [1.29, 1.82) is 0 Å². The fourth-order valence-corrected chi connectivity index (χ4v) is 9.55. The van der Waals surface area contributed by atoms with E-state index in [0.29, 0.717) is 43.8 Å². The number of fused-ring (bicyclic) bond motifs is 6. The van der Waals surface area contributed by atoms with Crippen LogP contribution >= 0.6 is 0 Å². The Bertz CT molecular complexity index is 3620. The number of rotatable bonds is 6. The molecule has 0 spiro atoms. The summed E-state index contributed by atoms with van der Waals surface area (Å²) < 4.78 is 4.32. The predicted octanol–water partition coefficient (Wildman–Crippen LogP) is 6.11. The first-order chi connectivity index (χ1) is 30.7. The Labute approximate surface area is 375 Å². The van der Waals surface area contributed by atoms with Crippen molar-refractivity contribution in [3.05, 3.63) is 176 Å². The highest BCUT2D eigenvalue weighted by Crippen LogP contribution is 2.42. The zero-order valence-corrected chi connectivity index (χ0v) is 34.2. The molecule has 63 heavy (non-hydrogen) atoms. The molecule has 0 saturated carbocycles. The van der Waals surface area contributed by atoms with Crippen LogP contribution < -0.4 is 38.2 Å². The van der Waals surface area contributed by atoms with Gasteiger partial charge in [-0.15, -0.1) is 10.9 Å². The molecule has 2 nitrogen and oxygen atoms in total. The fraction of sp³-hybridized carbons (Fsp3) is 0. The first-order valence-corrected chi connectivity index (χ1v) is 20.7. The third-order valence-corrected chi connectivity index (χ3v) is 12.5. The van der Waals surface area contributed by atoms with Crippen LogP contribution in [0.2, 0.25) is 0 Å². The third kappa shape index (κ3) is 5.97. The molecule has 0 unspecified atom stereocenters. The van der Waals surface area contributed by atoms with Gasteiger partial charge in [0, 0.05) is 44.0 Å².